The fourth-order valence-electron chi connectivity index (χ4n) is 2.57. The van der Waals surface area contributed by atoms with Crippen molar-refractivity contribution in [2.75, 3.05) is 7.11 Å². The Bertz CT molecular complexity index is 646. The van der Waals surface area contributed by atoms with Gasteiger partial charge in [0.25, 0.3) is 0 Å². The summed E-state index contributed by atoms with van der Waals surface area (Å²) < 4.78 is 7.28. The summed E-state index contributed by atoms with van der Waals surface area (Å²) in [6, 6.07) is 7.54. The number of hydrogen-bond acceptors (Lipinski definition) is 2. The van der Waals surface area contributed by atoms with Gasteiger partial charge in [0.1, 0.15) is 5.75 Å². The lowest BCUT2D eigenvalue weighted by molar-refractivity contribution is 0.0972. The summed E-state index contributed by atoms with van der Waals surface area (Å²) in [5, 5.41) is 0.586. The summed E-state index contributed by atoms with van der Waals surface area (Å²) in [7, 11) is 1.60. The molecule has 0 bridgehead atoms. The lowest BCUT2D eigenvalue weighted by atomic mass is 9.97. The van der Waals surface area contributed by atoms with Gasteiger partial charge in [-0.15, -0.1) is 0 Å². The van der Waals surface area contributed by atoms with E-state index in [0.29, 0.717) is 17.2 Å². The summed E-state index contributed by atoms with van der Waals surface area (Å²) in [5.41, 5.74) is 2.90. The molecule has 1 heterocycles. The van der Waals surface area contributed by atoms with Crippen LogP contribution >= 0.6 is 11.6 Å². The highest BCUT2D eigenvalue weighted by Gasteiger charge is 2.21. The number of methoxy groups -OCH3 is 1. The maximum absolute atomic E-state index is 11.8. The maximum atomic E-state index is 11.8. The normalized spacial score (nSPS) is 14.3. The van der Waals surface area contributed by atoms with Crippen molar-refractivity contribution in [3.63, 3.8) is 0 Å². The van der Waals surface area contributed by atoms with Crippen LogP contribution in [-0.4, -0.2) is 17.5 Å². The van der Waals surface area contributed by atoms with E-state index < -0.39 is 0 Å². The third kappa shape index (κ3) is 2.04. The third-order valence-corrected chi connectivity index (χ3v) is 3.83. The number of carbonyl (C=O) groups excluding carboxylic acids is 1. The van der Waals surface area contributed by atoms with E-state index in [9.17, 15) is 4.79 Å². The van der Waals surface area contributed by atoms with Crippen LogP contribution in [0.1, 0.15) is 28.9 Å². The van der Waals surface area contributed by atoms with Crippen LogP contribution < -0.4 is 4.74 Å². The Morgan fingerprint density at radius 1 is 1.26 bits per heavy atom. The number of rotatable bonds is 2. The first-order valence-electron chi connectivity index (χ1n) is 6.28. The first-order chi connectivity index (χ1) is 9.20. The standard InChI is InChI=1S/C15H14ClNO2/c1-19-15-9-10(5-6-12(15)16)17-8-7-11-13(17)3-2-4-14(11)18/h5-9H,2-4H2,1H3. The summed E-state index contributed by atoms with van der Waals surface area (Å²) in [6.45, 7) is 0. The lowest BCUT2D eigenvalue weighted by Crippen LogP contribution is -2.12. The van der Waals surface area contributed by atoms with E-state index in [2.05, 4.69) is 0 Å². The van der Waals surface area contributed by atoms with Crippen LogP contribution in [0.5, 0.6) is 5.75 Å². The predicted octanol–water partition coefficient (Wildman–Crippen LogP) is 3.66. The van der Waals surface area contributed by atoms with Crippen molar-refractivity contribution in [1.82, 2.24) is 4.57 Å². The van der Waals surface area contributed by atoms with Crippen molar-refractivity contribution in [2.24, 2.45) is 0 Å². The second kappa shape index (κ2) is 4.74. The highest BCUT2D eigenvalue weighted by Crippen LogP contribution is 2.30. The number of hydrogen-bond donors (Lipinski definition) is 0. The molecule has 3 rings (SSSR count). The van der Waals surface area contributed by atoms with Crippen molar-refractivity contribution in [1.29, 1.82) is 0 Å². The number of Topliss-reactive ketones (excluding diaryl/α,β-unsaturated/α-hetero) is 1. The van der Waals surface area contributed by atoms with Crippen LogP contribution in [0.15, 0.2) is 30.5 Å². The van der Waals surface area contributed by atoms with Crippen molar-refractivity contribution >= 4 is 17.4 Å². The van der Waals surface area contributed by atoms with E-state index in [-0.39, 0.29) is 5.78 Å². The molecule has 2 aromatic rings. The number of benzene rings is 1. The molecule has 1 aromatic carbocycles. The van der Waals surface area contributed by atoms with Gasteiger partial charge in [-0.05, 0) is 31.0 Å². The Kier molecular flexibility index (Phi) is 3.07. The van der Waals surface area contributed by atoms with Crippen molar-refractivity contribution < 1.29 is 9.53 Å². The highest BCUT2D eigenvalue weighted by atomic mass is 35.5. The monoisotopic (exact) mass is 275 g/mol. The average Bonchev–Trinajstić information content (AvgIpc) is 2.85. The minimum atomic E-state index is 0.237. The third-order valence-electron chi connectivity index (χ3n) is 3.52. The van der Waals surface area contributed by atoms with Gasteiger partial charge in [-0.3, -0.25) is 4.79 Å². The van der Waals surface area contributed by atoms with Crippen LogP contribution in [0, 0.1) is 0 Å². The molecule has 4 heteroatoms. The van der Waals surface area contributed by atoms with E-state index >= 15 is 0 Å². The summed E-state index contributed by atoms with van der Waals surface area (Å²) in [4.78, 5) is 11.8. The molecule has 0 radical (unpaired) electrons. The molecule has 0 spiro atoms. The zero-order valence-corrected chi connectivity index (χ0v) is 11.4. The predicted molar refractivity (Wildman–Crippen MR) is 74.6 cm³/mol. The molecule has 0 unspecified atom stereocenters. The molecule has 0 fully saturated rings. The lowest BCUT2D eigenvalue weighted by Gasteiger charge is -2.15. The maximum Gasteiger partial charge on any atom is 0.164 e. The van der Waals surface area contributed by atoms with Crippen LogP contribution in [0.3, 0.4) is 0 Å². The van der Waals surface area contributed by atoms with Gasteiger partial charge < -0.3 is 9.30 Å². The van der Waals surface area contributed by atoms with Gasteiger partial charge >= 0.3 is 0 Å². The Morgan fingerprint density at radius 3 is 2.89 bits per heavy atom. The number of ether oxygens (including phenoxy) is 1. The number of carbonyl (C=O) groups is 1. The van der Waals surface area contributed by atoms with Crippen LogP contribution in [-0.2, 0) is 6.42 Å². The smallest absolute Gasteiger partial charge is 0.164 e. The molecular weight excluding hydrogens is 262 g/mol. The Balaban J connectivity index is 2.10. The first kappa shape index (κ1) is 12.3. The van der Waals surface area contributed by atoms with E-state index in [1.54, 1.807) is 7.11 Å². The van der Waals surface area contributed by atoms with E-state index in [1.165, 1.54) is 0 Å². The molecule has 0 aliphatic heterocycles. The largest absolute Gasteiger partial charge is 0.495 e. The molecule has 98 valence electrons. The number of aromatic nitrogens is 1. The Morgan fingerprint density at radius 2 is 2.11 bits per heavy atom. The molecule has 0 N–H and O–H groups in total. The SMILES string of the molecule is COc1cc(-n2ccc3c2CCCC3=O)ccc1Cl. The summed E-state index contributed by atoms with van der Waals surface area (Å²) in [6.07, 6.45) is 4.44. The first-order valence-corrected chi connectivity index (χ1v) is 6.66. The minimum absolute atomic E-state index is 0.237. The van der Waals surface area contributed by atoms with Gasteiger partial charge in [0.15, 0.2) is 5.78 Å². The van der Waals surface area contributed by atoms with Crippen LogP contribution in [0.4, 0.5) is 0 Å². The molecule has 1 aliphatic rings. The molecule has 3 nitrogen and oxygen atoms in total. The number of nitrogens with zero attached hydrogens (tertiary/aromatic N) is 1. The van der Waals surface area contributed by atoms with Crippen LogP contribution in [0.25, 0.3) is 5.69 Å². The molecule has 1 aromatic heterocycles. The minimum Gasteiger partial charge on any atom is -0.495 e. The number of halogens is 1. The second-order valence-corrected chi connectivity index (χ2v) is 5.05. The molecule has 1 aliphatic carbocycles. The van der Waals surface area contributed by atoms with E-state index in [0.717, 1.165) is 29.8 Å². The van der Waals surface area contributed by atoms with Gasteiger partial charge in [-0.2, -0.15) is 0 Å². The summed E-state index contributed by atoms with van der Waals surface area (Å²) >= 11 is 6.04. The zero-order valence-electron chi connectivity index (χ0n) is 10.6. The molecular formula is C15H14ClNO2. The van der Waals surface area contributed by atoms with Gasteiger partial charge in [0.05, 0.1) is 12.1 Å². The van der Waals surface area contributed by atoms with Gasteiger partial charge in [0, 0.05) is 35.6 Å². The van der Waals surface area contributed by atoms with Gasteiger partial charge in [-0.1, -0.05) is 11.6 Å². The zero-order chi connectivity index (χ0) is 13.4. The van der Waals surface area contributed by atoms with Crippen molar-refractivity contribution in [3.8, 4) is 11.4 Å². The molecule has 19 heavy (non-hydrogen) atoms. The van der Waals surface area contributed by atoms with Crippen molar-refractivity contribution in [3.05, 3.63) is 46.7 Å². The fourth-order valence-corrected chi connectivity index (χ4v) is 2.76. The topological polar surface area (TPSA) is 31.2 Å². The Labute approximate surface area is 116 Å². The van der Waals surface area contributed by atoms with E-state index in [1.807, 2.05) is 35.0 Å². The average molecular weight is 276 g/mol. The second-order valence-electron chi connectivity index (χ2n) is 4.64. The van der Waals surface area contributed by atoms with Gasteiger partial charge in [0.2, 0.25) is 0 Å². The molecule has 0 saturated carbocycles. The quantitative estimate of drug-likeness (QED) is 0.837. The van der Waals surface area contributed by atoms with Crippen LogP contribution in [0.2, 0.25) is 5.02 Å². The summed E-state index contributed by atoms with van der Waals surface area (Å²) in [5.74, 6) is 0.879. The fraction of sp³-hybridized carbons (Fsp3) is 0.267. The molecule has 0 saturated heterocycles. The molecule has 0 atom stereocenters. The van der Waals surface area contributed by atoms with E-state index in [4.69, 9.17) is 16.3 Å². The van der Waals surface area contributed by atoms with Gasteiger partial charge in [-0.25, -0.2) is 0 Å². The number of ketones is 1. The molecule has 0 amide bonds. The Hall–Kier alpha value is -1.74. The number of fused-ring (bicyclic) bond motifs is 1. The van der Waals surface area contributed by atoms with Crippen molar-refractivity contribution in [2.45, 2.75) is 19.3 Å². The highest BCUT2D eigenvalue weighted by molar-refractivity contribution is 6.32.